The van der Waals surface area contributed by atoms with E-state index in [0.29, 0.717) is 0 Å². The molecule has 0 spiro atoms. The quantitative estimate of drug-likeness (QED) is 0.716. The van der Waals surface area contributed by atoms with Gasteiger partial charge in [0.15, 0.2) is 0 Å². The van der Waals surface area contributed by atoms with Crippen LogP contribution in [0.3, 0.4) is 0 Å². The van der Waals surface area contributed by atoms with Crippen molar-refractivity contribution in [3.63, 3.8) is 0 Å². The van der Waals surface area contributed by atoms with E-state index in [2.05, 4.69) is 11.9 Å². The van der Waals surface area contributed by atoms with Crippen molar-refractivity contribution in [3.05, 3.63) is 29.6 Å². The molecule has 0 bridgehead atoms. The first-order valence-corrected chi connectivity index (χ1v) is 4.31. The van der Waals surface area contributed by atoms with Crippen LogP contribution in [0.4, 0.5) is 0 Å². The fourth-order valence-electron chi connectivity index (χ4n) is 1.36. The zero-order chi connectivity index (χ0) is 8.60. The van der Waals surface area contributed by atoms with Gasteiger partial charge in [-0.1, -0.05) is 0 Å². The molecule has 1 aliphatic rings. The maximum atomic E-state index is 9.68. The van der Waals surface area contributed by atoms with Crippen molar-refractivity contribution in [1.29, 1.82) is 0 Å². The second-order valence-electron chi connectivity index (χ2n) is 3.70. The van der Waals surface area contributed by atoms with Crippen LogP contribution >= 0.6 is 0 Å². The third-order valence-electron chi connectivity index (χ3n) is 2.49. The van der Waals surface area contributed by atoms with Gasteiger partial charge in [0.05, 0.1) is 5.60 Å². The average Bonchev–Trinajstić information content (AvgIpc) is 2.74. The SMILES string of the molecule is Cc1ccncc1CC1(O)CC1. The predicted molar refractivity (Wildman–Crippen MR) is 46.9 cm³/mol. The normalized spacial score (nSPS) is 19.2. The number of rotatable bonds is 2. The summed E-state index contributed by atoms with van der Waals surface area (Å²) in [4.78, 5) is 4.05. The van der Waals surface area contributed by atoms with Gasteiger partial charge in [0.2, 0.25) is 0 Å². The van der Waals surface area contributed by atoms with Gasteiger partial charge in [-0.05, 0) is 37.0 Å². The third kappa shape index (κ3) is 1.48. The second kappa shape index (κ2) is 2.56. The predicted octanol–water partition coefficient (Wildman–Crippen LogP) is 1.46. The molecule has 0 aliphatic heterocycles. The summed E-state index contributed by atoms with van der Waals surface area (Å²) in [5.41, 5.74) is 2.01. The van der Waals surface area contributed by atoms with Gasteiger partial charge in [0.1, 0.15) is 0 Å². The molecule has 1 saturated carbocycles. The lowest BCUT2D eigenvalue weighted by Crippen LogP contribution is -2.11. The Morgan fingerprint density at radius 3 is 2.92 bits per heavy atom. The minimum Gasteiger partial charge on any atom is -0.390 e. The summed E-state index contributed by atoms with van der Waals surface area (Å²) in [6.07, 6.45) is 6.30. The van der Waals surface area contributed by atoms with Gasteiger partial charge in [-0.3, -0.25) is 4.98 Å². The minimum atomic E-state index is -0.395. The summed E-state index contributed by atoms with van der Waals surface area (Å²) in [6.45, 7) is 2.06. The molecule has 0 unspecified atom stereocenters. The molecule has 64 valence electrons. The van der Waals surface area contributed by atoms with Crippen LogP contribution < -0.4 is 0 Å². The Morgan fingerprint density at radius 1 is 1.58 bits per heavy atom. The first-order valence-electron chi connectivity index (χ1n) is 4.31. The molecule has 0 atom stereocenters. The Bertz CT molecular complexity index is 292. The number of aliphatic hydroxyl groups is 1. The highest BCUT2D eigenvalue weighted by Gasteiger charge is 2.40. The van der Waals surface area contributed by atoms with Crippen molar-refractivity contribution in [2.75, 3.05) is 0 Å². The smallest absolute Gasteiger partial charge is 0.0690 e. The molecule has 0 aromatic carbocycles. The molecular weight excluding hydrogens is 150 g/mol. The molecule has 1 N–H and O–H groups in total. The van der Waals surface area contributed by atoms with Crippen molar-refractivity contribution >= 4 is 0 Å². The summed E-state index contributed by atoms with van der Waals surface area (Å²) in [7, 11) is 0. The van der Waals surface area contributed by atoms with Gasteiger partial charge in [-0.25, -0.2) is 0 Å². The van der Waals surface area contributed by atoms with Crippen LogP contribution in [0, 0.1) is 6.92 Å². The molecule has 1 heterocycles. The van der Waals surface area contributed by atoms with Crippen LogP contribution in [0.1, 0.15) is 24.0 Å². The van der Waals surface area contributed by atoms with E-state index in [1.54, 1.807) is 6.20 Å². The van der Waals surface area contributed by atoms with Crippen molar-refractivity contribution < 1.29 is 5.11 Å². The Balaban J connectivity index is 2.17. The molecule has 12 heavy (non-hydrogen) atoms. The fraction of sp³-hybridized carbons (Fsp3) is 0.500. The van der Waals surface area contributed by atoms with Crippen LogP contribution in [0.15, 0.2) is 18.5 Å². The Labute approximate surface area is 72.3 Å². The lowest BCUT2D eigenvalue weighted by atomic mass is 10.0. The van der Waals surface area contributed by atoms with Crippen LogP contribution in [0.5, 0.6) is 0 Å². The minimum absolute atomic E-state index is 0.395. The van der Waals surface area contributed by atoms with E-state index in [1.807, 2.05) is 12.3 Å². The van der Waals surface area contributed by atoms with E-state index in [4.69, 9.17) is 0 Å². The number of aromatic nitrogens is 1. The molecule has 1 aromatic rings. The number of nitrogens with zero attached hydrogens (tertiary/aromatic N) is 1. The van der Waals surface area contributed by atoms with Crippen molar-refractivity contribution in [2.24, 2.45) is 0 Å². The van der Waals surface area contributed by atoms with Crippen LogP contribution in [-0.4, -0.2) is 15.7 Å². The largest absolute Gasteiger partial charge is 0.390 e. The highest BCUT2D eigenvalue weighted by atomic mass is 16.3. The average molecular weight is 163 g/mol. The highest BCUT2D eigenvalue weighted by Crippen LogP contribution is 2.38. The zero-order valence-corrected chi connectivity index (χ0v) is 7.25. The summed E-state index contributed by atoms with van der Waals surface area (Å²) in [6, 6.07) is 1.99. The first kappa shape index (κ1) is 7.74. The van der Waals surface area contributed by atoms with Crippen molar-refractivity contribution in [2.45, 2.75) is 31.8 Å². The van der Waals surface area contributed by atoms with E-state index in [9.17, 15) is 5.11 Å². The molecule has 2 nitrogen and oxygen atoms in total. The van der Waals surface area contributed by atoms with Crippen molar-refractivity contribution in [3.8, 4) is 0 Å². The van der Waals surface area contributed by atoms with Crippen LogP contribution in [-0.2, 0) is 6.42 Å². The molecule has 0 saturated heterocycles. The topological polar surface area (TPSA) is 33.1 Å². The number of hydrogen-bond acceptors (Lipinski definition) is 2. The van der Waals surface area contributed by atoms with E-state index in [-0.39, 0.29) is 0 Å². The molecule has 0 radical (unpaired) electrons. The third-order valence-corrected chi connectivity index (χ3v) is 2.49. The summed E-state index contributed by atoms with van der Waals surface area (Å²) >= 11 is 0. The maximum Gasteiger partial charge on any atom is 0.0690 e. The van der Waals surface area contributed by atoms with Gasteiger partial charge >= 0.3 is 0 Å². The second-order valence-corrected chi connectivity index (χ2v) is 3.70. The Morgan fingerprint density at radius 2 is 2.33 bits per heavy atom. The van der Waals surface area contributed by atoms with Gasteiger partial charge in [0, 0.05) is 18.8 Å². The molecule has 1 aromatic heterocycles. The van der Waals surface area contributed by atoms with Gasteiger partial charge in [-0.15, -0.1) is 0 Å². The molecule has 1 fully saturated rings. The first-order chi connectivity index (χ1) is 5.70. The monoisotopic (exact) mass is 163 g/mol. The van der Waals surface area contributed by atoms with E-state index < -0.39 is 5.60 Å². The van der Waals surface area contributed by atoms with Gasteiger partial charge in [-0.2, -0.15) is 0 Å². The molecule has 2 rings (SSSR count). The summed E-state index contributed by atoms with van der Waals surface area (Å²) < 4.78 is 0. The number of aryl methyl sites for hydroxylation is 1. The number of hydrogen-bond donors (Lipinski definition) is 1. The molecule has 0 amide bonds. The molecule has 2 heteroatoms. The number of pyridine rings is 1. The van der Waals surface area contributed by atoms with Gasteiger partial charge in [0.25, 0.3) is 0 Å². The van der Waals surface area contributed by atoms with E-state index in [1.165, 1.54) is 11.1 Å². The lowest BCUT2D eigenvalue weighted by Gasteiger charge is -2.08. The molecule has 1 aliphatic carbocycles. The molecular formula is C10H13NO. The summed E-state index contributed by atoms with van der Waals surface area (Å²) in [5, 5.41) is 9.68. The van der Waals surface area contributed by atoms with E-state index in [0.717, 1.165) is 19.3 Å². The Hall–Kier alpha value is -0.890. The van der Waals surface area contributed by atoms with Gasteiger partial charge < -0.3 is 5.11 Å². The fourth-order valence-corrected chi connectivity index (χ4v) is 1.36. The maximum absolute atomic E-state index is 9.68. The van der Waals surface area contributed by atoms with Crippen LogP contribution in [0.25, 0.3) is 0 Å². The lowest BCUT2D eigenvalue weighted by molar-refractivity contribution is 0.150. The summed E-state index contributed by atoms with van der Waals surface area (Å²) in [5.74, 6) is 0. The zero-order valence-electron chi connectivity index (χ0n) is 7.25. The Kier molecular flexibility index (Phi) is 1.65. The van der Waals surface area contributed by atoms with Crippen molar-refractivity contribution in [1.82, 2.24) is 4.98 Å². The standard InChI is InChI=1S/C10H13NO/c1-8-2-5-11-7-9(8)6-10(12)3-4-10/h2,5,7,12H,3-4,6H2,1H3. The van der Waals surface area contributed by atoms with Crippen LogP contribution in [0.2, 0.25) is 0 Å². The highest BCUT2D eigenvalue weighted by molar-refractivity contribution is 5.24. The van der Waals surface area contributed by atoms with E-state index >= 15 is 0 Å².